The normalized spacial score (nSPS) is 10.7. The average molecular weight is 424 g/mol. The third-order valence-corrected chi connectivity index (χ3v) is 3.06. The molecule has 0 aliphatic rings. The van der Waals surface area contributed by atoms with Gasteiger partial charge in [0.1, 0.15) is 5.56 Å². The number of hydrazine groups is 1. The Morgan fingerprint density at radius 3 is 2.14 bits per heavy atom. The highest BCUT2D eigenvalue weighted by atomic mass is 19.4. The Labute approximate surface area is 160 Å². The largest absolute Gasteiger partial charge is 0.465 e. The molecule has 1 aromatic heterocycles. The van der Waals surface area contributed by atoms with E-state index in [0.29, 0.717) is 11.8 Å². The molecule has 0 fully saturated rings. The zero-order chi connectivity index (χ0) is 22.2. The Balaban J connectivity index is 0.000000960. The summed E-state index contributed by atoms with van der Waals surface area (Å²) in [4.78, 5) is 30.1. The summed E-state index contributed by atoms with van der Waals surface area (Å²) in [6, 6.07) is 6.51. The van der Waals surface area contributed by atoms with E-state index in [2.05, 4.69) is 25.6 Å². The number of nitrogens with one attached hydrogen (secondary N) is 2. The minimum absolute atomic E-state index is 0.292. The molecule has 0 saturated carbocycles. The minimum Gasteiger partial charge on any atom is -0.465 e. The number of nitrogens with zero attached hydrogens (tertiary/aromatic N) is 2. The van der Waals surface area contributed by atoms with Crippen molar-refractivity contribution in [3.63, 3.8) is 0 Å². The maximum atomic E-state index is 13.0. The van der Waals surface area contributed by atoms with Gasteiger partial charge in [0, 0.05) is 11.8 Å². The van der Waals surface area contributed by atoms with Gasteiger partial charge in [-0.25, -0.2) is 14.8 Å². The van der Waals surface area contributed by atoms with E-state index in [0.717, 1.165) is 12.7 Å². The molecule has 2 N–H and O–H groups in total. The van der Waals surface area contributed by atoms with Gasteiger partial charge in [0.25, 0.3) is 5.91 Å². The van der Waals surface area contributed by atoms with Crippen molar-refractivity contribution < 1.29 is 40.7 Å². The van der Waals surface area contributed by atoms with Crippen LogP contribution in [0.15, 0.2) is 30.5 Å². The van der Waals surface area contributed by atoms with E-state index in [9.17, 15) is 35.9 Å². The number of hydrogen-bond acceptors (Lipinski definition) is 6. The Morgan fingerprint density at radius 2 is 1.66 bits per heavy atom. The molecule has 0 radical (unpaired) electrons. The van der Waals surface area contributed by atoms with Gasteiger partial charge in [-0.1, -0.05) is 17.7 Å². The molecule has 1 aromatic carbocycles. The summed E-state index contributed by atoms with van der Waals surface area (Å²) in [5.74, 6) is -2.34. The number of aromatic nitrogens is 2. The molecular weight excluding hydrogens is 410 g/mol. The standard InChI is InChI=1S/C15H13F3N4O3.CHF3/c1-8-3-5-9(6-4-8)12(23)21-22-14-19-7-10(13(24)25-2)11(20-14)15(16,17)18;2-1(3)4/h3-7H,1-2H3,(H,21,23)(H,19,20,22);1H. The second-order valence-electron chi connectivity index (χ2n) is 5.14. The number of esters is 1. The lowest BCUT2D eigenvalue weighted by Crippen LogP contribution is -2.31. The zero-order valence-electron chi connectivity index (χ0n) is 14.9. The van der Waals surface area contributed by atoms with Crippen LogP contribution in [0.2, 0.25) is 0 Å². The number of carbonyl (C=O) groups is 2. The second-order valence-corrected chi connectivity index (χ2v) is 5.14. The Hall–Kier alpha value is -3.38. The number of anilines is 1. The van der Waals surface area contributed by atoms with Gasteiger partial charge in [0.05, 0.1) is 7.11 Å². The predicted octanol–water partition coefficient (Wildman–Crippen LogP) is 3.53. The van der Waals surface area contributed by atoms with E-state index in [1.54, 1.807) is 24.3 Å². The molecule has 0 spiro atoms. The van der Waals surface area contributed by atoms with Crippen LogP contribution in [-0.2, 0) is 10.9 Å². The summed E-state index contributed by atoms with van der Waals surface area (Å²) in [6.07, 6.45) is -4.23. The number of carbonyl (C=O) groups excluding carboxylic acids is 2. The quantitative estimate of drug-likeness (QED) is 0.443. The molecular formula is C16H14F6N4O3. The van der Waals surface area contributed by atoms with Crippen LogP contribution in [0.4, 0.5) is 32.3 Å². The Bertz CT molecular complexity index is 841. The SMILES string of the molecule is COC(=O)c1cnc(NNC(=O)c2ccc(C)cc2)nc1C(F)(F)F.FC(F)F. The first-order chi connectivity index (χ1) is 13.5. The van der Waals surface area contributed by atoms with Crippen LogP contribution < -0.4 is 10.9 Å². The fraction of sp³-hybridized carbons (Fsp3) is 0.250. The van der Waals surface area contributed by atoms with Gasteiger partial charge in [-0.3, -0.25) is 15.6 Å². The molecule has 158 valence electrons. The summed E-state index contributed by atoms with van der Waals surface area (Å²) < 4.78 is 72.3. The molecule has 0 bridgehead atoms. The van der Waals surface area contributed by atoms with E-state index in [1.807, 2.05) is 6.92 Å². The van der Waals surface area contributed by atoms with Crippen molar-refractivity contribution in [2.45, 2.75) is 19.8 Å². The maximum absolute atomic E-state index is 13.0. The van der Waals surface area contributed by atoms with Crippen LogP contribution in [0.5, 0.6) is 0 Å². The number of halogens is 6. The Morgan fingerprint density at radius 1 is 1.10 bits per heavy atom. The van der Waals surface area contributed by atoms with E-state index in [4.69, 9.17) is 0 Å². The zero-order valence-corrected chi connectivity index (χ0v) is 14.9. The van der Waals surface area contributed by atoms with Gasteiger partial charge in [-0.05, 0) is 19.1 Å². The highest BCUT2D eigenvalue weighted by Crippen LogP contribution is 2.31. The maximum Gasteiger partial charge on any atom is 0.434 e. The van der Waals surface area contributed by atoms with E-state index in [-0.39, 0.29) is 0 Å². The van der Waals surface area contributed by atoms with Gasteiger partial charge in [0.15, 0.2) is 5.69 Å². The predicted molar refractivity (Wildman–Crippen MR) is 87.8 cm³/mol. The summed E-state index contributed by atoms with van der Waals surface area (Å²) in [7, 11) is 0.941. The first-order valence-electron chi connectivity index (χ1n) is 7.53. The molecule has 2 aromatic rings. The van der Waals surface area contributed by atoms with Crippen LogP contribution in [-0.4, -0.2) is 35.6 Å². The number of aryl methyl sites for hydroxylation is 1. The van der Waals surface area contributed by atoms with Crippen molar-refractivity contribution in [3.8, 4) is 0 Å². The van der Waals surface area contributed by atoms with Crippen molar-refractivity contribution in [3.05, 3.63) is 52.8 Å². The van der Waals surface area contributed by atoms with E-state index < -0.39 is 41.9 Å². The Kier molecular flexibility index (Phi) is 8.36. The molecule has 0 atom stereocenters. The third kappa shape index (κ3) is 7.63. The molecule has 7 nitrogen and oxygen atoms in total. The van der Waals surface area contributed by atoms with Gasteiger partial charge < -0.3 is 4.74 Å². The number of rotatable bonds is 4. The fourth-order valence-electron chi connectivity index (χ4n) is 1.81. The topological polar surface area (TPSA) is 93.2 Å². The molecule has 0 aliphatic heterocycles. The second kappa shape index (κ2) is 10.2. The molecule has 13 heteroatoms. The van der Waals surface area contributed by atoms with Crippen molar-refractivity contribution in [1.82, 2.24) is 15.4 Å². The van der Waals surface area contributed by atoms with Crippen molar-refractivity contribution >= 4 is 17.8 Å². The first kappa shape index (κ1) is 23.7. The number of amides is 1. The minimum atomic E-state index is -4.90. The molecule has 2 rings (SSSR count). The smallest absolute Gasteiger partial charge is 0.434 e. The van der Waals surface area contributed by atoms with Crippen molar-refractivity contribution in [2.24, 2.45) is 0 Å². The van der Waals surface area contributed by atoms with Crippen molar-refractivity contribution in [1.29, 1.82) is 0 Å². The fourth-order valence-corrected chi connectivity index (χ4v) is 1.81. The van der Waals surface area contributed by atoms with E-state index >= 15 is 0 Å². The van der Waals surface area contributed by atoms with E-state index in [1.165, 1.54) is 0 Å². The molecule has 1 heterocycles. The number of methoxy groups -OCH3 is 1. The van der Waals surface area contributed by atoms with Gasteiger partial charge in [0.2, 0.25) is 5.95 Å². The van der Waals surface area contributed by atoms with Crippen LogP contribution in [0.3, 0.4) is 0 Å². The lowest BCUT2D eigenvalue weighted by Gasteiger charge is -2.12. The van der Waals surface area contributed by atoms with Crippen LogP contribution in [0.1, 0.15) is 32.0 Å². The highest BCUT2D eigenvalue weighted by Gasteiger charge is 2.38. The summed E-state index contributed by atoms with van der Waals surface area (Å²) in [6.45, 7) is -1.82. The average Bonchev–Trinajstić information content (AvgIpc) is 2.64. The highest BCUT2D eigenvalue weighted by molar-refractivity contribution is 5.94. The summed E-state index contributed by atoms with van der Waals surface area (Å²) in [5, 5.41) is 0. The molecule has 0 unspecified atom stereocenters. The van der Waals surface area contributed by atoms with Gasteiger partial charge >= 0.3 is 18.8 Å². The van der Waals surface area contributed by atoms with Crippen molar-refractivity contribution in [2.75, 3.05) is 12.5 Å². The molecule has 0 saturated heterocycles. The number of benzene rings is 1. The summed E-state index contributed by atoms with van der Waals surface area (Å²) in [5.41, 5.74) is 3.30. The van der Waals surface area contributed by atoms with Crippen LogP contribution in [0.25, 0.3) is 0 Å². The molecule has 29 heavy (non-hydrogen) atoms. The lowest BCUT2D eigenvalue weighted by molar-refractivity contribution is -0.141. The first-order valence-corrected chi connectivity index (χ1v) is 7.53. The van der Waals surface area contributed by atoms with Gasteiger partial charge in [-0.2, -0.15) is 26.3 Å². The monoisotopic (exact) mass is 424 g/mol. The third-order valence-electron chi connectivity index (χ3n) is 3.06. The molecule has 0 aliphatic carbocycles. The lowest BCUT2D eigenvalue weighted by atomic mass is 10.1. The number of alkyl halides is 6. The van der Waals surface area contributed by atoms with Crippen LogP contribution in [0, 0.1) is 6.92 Å². The number of ether oxygens (including phenoxy) is 1. The number of hydrogen-bond donors (Lipinski definition) is 2. The molecule has 1 amide bonds. The van der Waals surface area contributed by atoms with Gasteiger partial charge in [-0.15, -0.1) is 0 Å². The van der Waals surface area contributed by atoms with Crippen LogP contribution >= 0.6 is 0 Å². The summed E-state index contributed by atoms with van der Waals surface area (Å²) >= 11 is 0.